The number of aliphatic hydroxyl groups is 1. The lowest BCUT2D eigenvalue weighted by atomic mass is 9.90. The molecule has 1 unspecified atom stereocenters. The van der Waals surface area contributed by atoms with E-state index < -0.39 is 5.54 Å². The van der Waals surface area contributed by atoms with Crippen LogP contribution in [-0.2, 0) is 9.53 Å². The van der Waals surface area contributed by atoms with E-state index in [1.54, 1.807) is 0 Å². The Kier molecular flexibility index (Phi) is 5.18. The molecular formula is C11H22N2O3. The van der Waals surface area contributed by atoms with Gasteiger partial charge in [0.25, 0.3) is 0 Å². The maximum absolute atomic E-state index is 11.8. The number of amides is 1. The molecule has 1 aliphatic rings. The molecule has 5 heteroatoms. The van der Waals surface area contributed by atoms with Crippen LogP contribution in [0.5, 0.6) is 0 Å². The molecule has 0 bridgehead atoms. The van der Waals surface area contributed by atoms with E-state index in [1.165, 1.54) is 0 Å². The Morgan fingerprint density at radius 1 is 1.56 bits per heavy atom. The van der Waals surface area contributed by atoms with Crippen molar-refractivity contribution in [1.29, 1.82) is 0 Å². The van der Waals surface area contributed by atoms with Gasteiger partial charge in [-0.15, -0.1) is 0 Å². The predicted molar refractivity (Wildman–Crippen MR) is 60.8 cm³/mol. The van der Waals surface area contributed by atoms with Crippen LogP contribution in [0.15, 0.2) is 0 Å². The van der Waals surface area contributed by atoms with Crippen molar-refractivity contribution in [1.82, 2.24) is 5.32 Å². The SMILES string of the molecule is CC(CCN)C(=O)NC1(CO)CCOCC1. The van der Waals surface area contributed by atoms with Gasteiger partial charge in [-0.2, -0.15) is 0 Å². The van der Waals surface area contributed by atoms with Crippen LogP contribution in [0.1, 0.15) is 26.2 Å². The van der Waals surface area contributed by atoms with Crippen molar-refractivity contribution in [3.8, 4) is 0 Å². The van der Waals surface area contributed by atoms with Crippen LogP contribution < -0.4 is 11.1 Å². The number of rotatable bonds is 5. The summed E-state index contributed by atoms with van der Waals surface area (Å²) in [6.07, 6.45) is 2.01. The number of carbonyl (C=O) groups is 1. The molecule has 1 fully saturated rings. The standard InChI is InChI=1S/C11H22N2O3/c1-9(2-5-12)10(15)13-11(8-14)3-6-16-7-4-11/h9,14H,2-8,12H2,1H3,(H,13,15). The Labute approximate surface area is 96.3 Å². The molecule has 0 aromatic carbocycles. The molecule has 16 heavy (non-hydrogen) atoms. The number of ether oxygens (including phenoxy) is 1. The summed E-state index contributed by atoms with van der Waals surface area (Å²) in [5.74, 6) is -0.127. The molecule has 5 nitrogen and oxygen atoms in total. The third kappa shape index (κ3) is 3.43. The highest BCUT2D eigenvalue weighted by molar-refractivity contribution is 5.79. The fourth-order valence-corrected chi connectivity index (χ4v) is 1.85. The fraction of sp³-hybridized carbons (Fsp3) is 0.909. The molecule has 0 spiro atoms. The van der Waals surface area contributed by atoms with E-state index >= 15 is 0 Å². The van der Waals surface area contributed by atoms with Gasteiger partial charge in [-0.05, 0) is 25.8 Å². The second-order valence-corrected chi connectivity index (χ2v) is 4.52. The van der Waals surface area contributed by atoms with Gasteiger partial charge in [0, 0.05) is 19.1 Å². The first kappa shape index (κ1) is 13.4. The van der Waals surface area contributed by atoms with E-state index in [9.17, 15) is 9.90 Å². The topological polar surface area (TPSA) is 84.6 Å². The monoisotopic (exact) mass is 230 g/mol. The van der Waals surface area contributed by atoms with Crippen LogP contribution in [0.25, 0.3) is 0 Å². The molecule has 1 saturated heterocycles. The second-order valence-electron chi connectivity index (χ2n) is 4.52. The Bertz CT molecular complexity index is 227. The maximum atomic E-state index is 11.8. The summed E-state index contributed by atoms with van der Waals surface area (Å²) in [6.45, 7) is 3.51. The summed E-state index contributed by atoms with van der Waals surface area (Å²) in [5, 5.41) is 12.3. The van der Waals surface area contributed by atoms with E-state index in [1.807, 2.05) is 6.92 Å². The van der Waals surface area contributed by atoms with Crippen molar-refractivity contribution >= 4 is 5.91 Å². The Morgan fingerprint density at radius 3 is 2.69 bits per heavy atom. The van der Waals surface area contributed by atoms with Crippen LogP contribution in [0.3, 0.4) is 0 Å². The lowest BCUT2D eigenvalue weighted by molar-refractivity contribution is -0.128. The molecule has 0 aliphatic carbocycles. The molecule has 4 N–H and O–H groups in total. The maximum Gasteiger partial charge on any atom is 0.223 e. The van der Waals surface area contributed by atoms with Gasteiger partial charge in [0.15, 0.2) is 0 Å². The molecule has 0 aromatic heterocycles. The number of nitrogens with one attached hydrogen (secondary N) is 1. The van der Waals surface area contributed by atoms with E-state index in [4.69, 9.17) is 10.5 Å². The Balaban J connectivity index is 2.51. The first-order chi connectivity index (χ1) is 7.63. The first-order valence-corrected chi connectivity index (χ1v) is 5.84. The van der Waals surface area contributed by atoms with Gasteiger partial charge >= 0.3 is 0 Å². The highest BCUT2D eigenvalue weighted by atomic mass is 16.5. The molecule has 1 aliphatic heterocycles. The van der Waals surface area contributed by atoms with Gasteiger partial charge in [0.2, 0.25) is 5.91 Å². The summed E-state index contributed by atoms with van der Waals surface area (Å²) >= 11 is 0. The molecule has 94 valence electrons. The molecule has 1 atom stereocenters. The number of hydrogen-bond donors (Lipinski definition) is 3. The Hall–Kier alpha value is -0.650. The average molecular weight is 230 g/mol. The van der Waals surface area contributed by atoms with Crippen molar-refractivity contribution in [3.05, 3.63) is 0 Å². The van der Waals surface area contributed by atoms with Crippen molar-refractivity contribution in [3.63, 3.8) is 0 Å². The predicted octanol–water partition coefficient (Wildman–Crippen LogP) is -0.371. The quantitative estimate of drug-likeness (QED) is 0.601. The third-order valence-corrected chi connectivity index (χ3v) is 3.19. The van der Waals surface area contributed by atoms with Gasteiger partial charge in [0.1, 0.15) is 0 Å². The van der Waals surface area contributed by atoms with Crippen LogP contribution in [0.4, 0.5) is 0 Å². The smallest absolute Gasteiger partial charge is 0.223 e. The minimum Gasteiger partial charge on any atom is -0.394 e. The van der Waals surface area contributed by atoms with E-state index in [0.29, 0.717) is 39.0 Å². The zero-order valence-corrected chi connectivity index (χ0v) is 9.87. The number of hydrogen-bond acceptors (Lipinski definition) is 4. The molecular weight excluding hydrogens is 208 g/mol. The summed E-state index contributed by atoms with van der Waals surface area (Å²) < 4.78 is 5.23. The van der Waals surface area contributed by atoms with E-state index in [-0.39, 0.29) is 18.4 Å². The lowest BCUT2D eigenvalue weighted by Crippen LogP contribution is -2.55. The minimum absolute atomic E-state index is 0.0265. The second kappa shape index (κ2) is 6.18. The van der Waals surface area contributed by atoms with Gasteiger partial charge in [-0.1, -0.05) is 6.92 Å². The van der Waals surface area contributed by atoms with Crippen molar-refractivity contribution in [2.75, 3.05) is 26.4 Å². The molecule has 1 heterocycles. The molecule has 0 saturated carbocycles. The molecule has 0 aromatic rings. The number of nitrogens with two attached hydrogens (primary N) is 1. The van der Waals surface area contributed by atoms with Crippen molar-refractivity contribution in [2.45, 2.75) is 31.7 Å². The summed E-state index contributed by atoms with van der Waals surface area (Å²) in [5.41, 5.74) is 4.93. The zero-order chi connectivity index (χ0) is 12.0. The highest BCUT2D eigenvalue weighted by Crippen LogP contribution is 2.20. The lowest BCUT2D eigenvalue weighted by Gasteiger charge is -2.37. The highest BCUT2D eigenvalue weighted by Gasteiger charge is 2.34. The third-order valence-electron chi connectivity index (χ3n) is 3.19. The van der Waals surface area contributed by atoms with Crippen LogP contribution in [0, 0.1) is 5.92 Å². The summed E-state index contributed by atoms with van der Waals surface area (Å²) in [6, 6.07) is 0. The van der Waals surface area contributed by atoms with Gasteiger partial charge in [0.05, 0.1) is 12.1 Å². The zero-order valence-electron chi connectivity index (χ0n) is 9.87. The van der Waals surface area contributed by atoms with Crippen LogP contribution in [0.2, 0.25) is 0 Å². The minimum atomic E-state index is -0.488. The van der Waals surface area contributed by atoms with Crippen LogP contribution >= 0.6 is 0 Å². The summed E-state index contributed by atoms with van der Waals surface area (Å²) in [7, 11) is 0. The number of aliphatic hydroxyl groups excluding tert-OH is 1. The van der Waals surface area contributed by atoms with E-state index in [2.05, 4.69) is 5.32 Å². The Morgan fingerprint density at radius 2 is 2.19 bits per heavy atom. The summed E-state index contributed by atoms with van der Waals surface area (Å²) in [4.78, 5) is 11.8. The molecule has 0 radical (unpaired) electrons. The van der Waals surface area contributed by atoms with Crippen molar-refractivity contribution < 1.29 is 14.6 Å². The molecule has 1 rings (SSSR count). The normalized spacial score (nSPS) is 21.4. The van der Waals surface area contributed by atoms with Gasteiger partial charge in [-0.3, -0.25) is 4.79 Å². The average Bonchev–Trinajstić information content (AvgIpc) is 2.30. The first-order valence-electron chi connectivity index (χ1n) is 5.84. The van der Waals surface area contributed by atoms with Gasteiger partial charge < -0.3 is 20.9 Å². The van der Waals surface area contributed by atoms with Gasteiger partial charge in [-0.25, -0.2) is 0 Å². The van der Waals surface area contributed by atoms with E-state index in [0.717, 1.165) is 0 Å². The number of carbonyl (C=O) groups excluding carboxylic acids is 1. The largest absolute Gasteiger partial charge is 0.394 e. The molecule has 1 amide bonds. The fourth-order valence-electron chi connectivity index (χ4n) is 1.85. The van der Waals surface area contributed by atoms with Crippen LogP contribution in [-0.4, -0.2) is 42.9 Å². The van der Waals surface area contributed by atoms with Crippen molar-refractivity contribution in [2.24, 2.45) is 11.7 Å².